The van der Waals surface area contributed by atoms with Crippen LogP contribution in [0.2, 0.25) is 23.7 Å². The van der Waals surface area contributed by atoms with Crippen LogP contribution in [0.3, 0.4) is 0 Å². The van der Waals surface area contributed by atoms with Crippen molar-refractivity contribution in [1.29, 1.82) is 0 Å². The number of carbonyl (C=O) groups is 3. The summed E-state index contributed by atoms with van der Waals surface area (Å²) in [6, 6.07) is 26.6. The lowest BCUT2D eigenvalue weighted by molar-refractivity contribution is -0.150. The average molecular weight is 910 g/mol. The first kappa shape index (κ1) is 45.8. The van der Waals surface area contributed by atoms with Gasteiger partial charge in [0.25, 0.3) is 5.91 Å². The normalized spacial score (nSPS) is 24.1. The van der Waals surface area contributed by atoms with E-state index in [1.54, 1.807) is 27.9 Å². The highest BCUT2D eigenvalue weighted by Gasteiger charge is 2.66. The molecule has 2 fully saturated rings. The maximum atomic E-state index is 15.5. The molecule has 0 bridgehead atoms. The number of anilines is 3. The Hall–Kier alpha value is -4.76. The lowest BCUT2D eigenvalue weighted by Gasteiger charge is -2.37. The summed E-state index contributed by atoms with van der Waals surface area (Å²) in [6.45, 7) is 10.6. The summed E-state index contributed by atoms with van der Waals surface area (Å²) >= 11 is 6.77. The van der Waals surface area contributed by atoms with Crippen LogP contribution in [-0.2, 0) is 37.7 Å². The maximum Gasteiger partial charge on any atom is 0.264 e. The van der Waals surface area contributed by atoms with Crippen molar-refractivity contribution in [3.63, 3.8) is 0 Å². The van der Waals surface area contributed by atoms with Crippen molar-refractivity contribution in [3.05, 3.63) is 107 Å². The molecule has 12 nitrogen and oxygen atoms in total. The zero-order valence-electron chi connectivity index (χ0n) is 37.5. The van der Waals surface area contributed by atoms with Crippen LogP contribution < -0.4 is 29.8 Å². The van der Waals surface area contributed by atoms with Crippen LogP contribution in [0, 0.1) is 5.92 Å². The lowest BCUT2D eigenvalue weighted by atomic mass is 9.82. The second-order valence-corrected chi connectivity index (χ2v) is 23.3. The van der Waals surface area contributed by atoms with Crippen LogP contribution in [-0.4, -0.2) is 99.1 Å². The molecule has 8 rings (SSSR count). The molecule has 3 amide bonds. The molecule has 2 saturated heterocycles. The number of aliphatic hydroxyl groups excluding tert-OH is 2. The van der Waals surface area contributed by atoms with Gasteiger partial charge in [-0.2, -0.15) is 0 Å². The molecule has 1 unspecified atom stereocenters. The number of hydrogen-bond acceptors (Lipinski definition) is 9. The van der Waals surface area contributed by atoms with Gasteiger partial charge in [-0.25, -0.2) is 0 Å². The number of carbonyl (C=O) groups excluding carboxylic acids is 3. The summed E-state index contributed by atoms with van der Waals surface area (Å²) in [7, 11) is -0.884. The molecule has 4 aliphatic rings. The molecule has 6 atom stereocenters. The van der Waals surface area contributed by atoms with Crippen molar-refractivity contribution in [2.24, 2.45) is 5.92 Å². The van der Waals surface area contributed by atoms with Crippen molar-refractivity contribution in [2.45, 2.75) is 101 Å². The number of unbranched alkanes of at least 4 members (excludes halogenated alkanes) is 1. The molecule has 340 valence electrons. The van der Waals surface area contributed by atoms with Crippen LogP contribution in [0.5, 0.6) is 11.5 Å². The van der Waals surface area contributed by atoms with Crippen LogP contribution in [0.15, 0.2) is 84.9 Å². The Labute approximate surface area is 382 Å². The number of ether oxygens (including phenoxy) is 3. The van der Waals surface area contributed by atoms with E-state index in [4.69, 9.17) is 25.8 Å². The van der Waals surface area contributed by atoms with Crippen LogP contribution >= 0.6 is 11.6 Å². The number of nitrogens with one attached hydrogen (secondary N) is 1. The van der Waals surface area contributed by atoms with E-state index in [2.05, 4.69) is 37.5 Å². The molecule has 4 aromatic rings. The quantitative estimate of drug-likeness (QED) is 0.0815. The van der Waals surface area contributed by atoms with Gasteiger partial charge in [0.2, 0.25) is 11.8 Å². The third-order valence-electron chi connectivity index (χ3n) is 14.1. The molecular weight excluding hydrogens is 848 g/mol. The average Bonchev–Trinajstić information content (AvgIpc) is 3.96. The van der Waals surface area contributed by atoms with Gasteiger partial charge in [0, 0.05) is 35.3 Å². The molecule has 14 heteroatoms. The highest BCUT2D eigenvalue weighted by Crippen LogP contribution is 2.60. The predicted octanol–water partition coefficient (Wildman–Crippen LogP) is 6.84. The van der Waals surface area contributed by atoms with Gasteiger partial charge < -0.3 is 39.5 Å². The Morgan fingerprint density at radius 3 is 2.41 bits per heavy atom. The van der Waals surface area contributed by atoms with Gasteiger partial charge in [0.1, 0.15) is 11.5 Å². The van der Waals surface area contributed by atoms with Crippen molar-refractivity contribution in [3.8, 4) is 11.5 Å². The summed E-state index contributed by atoms with van der Waals surface area (Å²) in [5.74, 6) is 0.830. The molecule has 0 saturated carbocycles. The third-order valence-corrected chi connectivity index (χ3v) is 18.7. The minimum absolute atomic E-state index is 0.0661. The van der Waals surface area contributed by atoms with Gasteiger partial charge in [-0.3, -0.25) is 19.3 Å². The molecule has 0 aromatic heterocycles. The number of halogens is 1. The molecule has 0 aliphatic carbocycles. The maximum absolute atomic E-state index is 15.5. The number of fused-ring (bicyclic) bond motifs is 3. The summed E-state index contributed by atoms with van der Waals surface area (Å²) in [5.41, 5.74) is 3.19. The third kappa shape index (κ3) is 8.35. The van der Waals surface area contributed by atoms with Gasteiger partial charge in [-0.05, 0) is 123 Å². The molecule has 1 spiro atoms. The van der Waals surface area contributed by atoms with E-state index < -0.39 is 25.8 Å². The summed E-state index contributed by atoms with van der Waals surface area (Å²) in [6.07, 6.45) is 3.02. The minimum Gasteiger partial charge on any atom is -0.497 e. The van der Waals surface area contributed by atoms with Gasteiger partial charge in [-0.15, -0.1) is 0 Å². The molecule has 64 heavy (non-hydrogen) atoms. The lowest BCUT2D eigenvalue weighted by Crippen LogP contribution is -2.52. The van der Waals surface area contributed by atoms with Gasteiger partial charge in [0.15, 0.2) is 5.60 Å². The number of nitrogens with zero attached hydrogens (tertiary/aromatic N) is 3. The summed E-state index contributed by atoms with van der Waals surface area (Å²) in [5, 5.41) is 24.5. The fourth-order valence-corrected chi connectivity index (χ4v) is 15.1. The Bertz CT molecular complexity index is 2350. The number of benzene rings is 4. The number of rotatable bonds is 16. The van der Waals surface area contributed by atoms with Crippen LogP contribution in [0.25, 0.3) is 0 Å². The van der Waals surface area contributed by atoms with E-state index in [1.165, 1.54) is 5.19 Å². The number of hydrogen-bond donors (Lipinski definition) is 3. The monoisotopic (exact) mass is 908 g/mol. The van der Waals surface area contributed by atoms with Crippen molar-refractivity contribution < 1.29 is 38.8 Å². The second-order valence-electron chi connectivity index (χ2n) is 18.2. The summed E-state index contributed by atoms with van der Waals surface area (Å²) < 4.78 is 18.6. The Balaban J connectivity index is 1.11. The van der Waals surface area contributed by atoms with E-state index in [-0.39, 0.29) is 61.4 Å². The molecule has 0 radical (unpaired) electrons. The fourth-order valence-electron chi connectivity index (χ4n) is 10.9. The number of amides is 3. The zero-order valence-corrected chi connectivity index (χ0v) is 39.3. The first-order valence-corrected chi connectivity index (χ1v) is 26.2. The Morgan fingerprint density at radius 2 is 1.70 bits per heavy atom. The van der Waals surface area contributed by atoms with E-state index in [1.807, 2.05) is 73.7 Å². The van der Waals surface area contributed by atoms with E-state index in [9.17, 15) is 19.8 Å². The van der Waals surface area contributed by atoms with Gasteiger partial charge in [-0.1, -0.05) is 61.1 Å². The summed E-state index contributed by atoms with van der Waals surface area (Å²) in [4.78, 5) is 49.2. The number of aliphatic hydroxyl groups is 2. The van der Waals surface area contributed by atoms with Crippen LogP contribution in [0.4, 0.5) is 17.1 Å². The molecular formula is C50H61ClN4O8Si. The van der Waals surface area contributed by atoms with E-state index >= 15 is 4.79 Å². The highest BCUT2D eigenvalue weighted by atomic mass is 35.5. The van der Waals surface area contributed by atoms with E-state index in [0.717, 1.165) is 47.6 Å². The van der Waals surface area contributed by atoms with Crippen molar-refractivity contribution in [2.75, 3.05) is 49.8 Å². The standard InChI is InChI=1S/C50H61ClN4O8Si/c1-6-62-39-18-22-43-34(26-39)27-42(52-23-7-8-25-56)48(59)55(43)36-14-11-33(12-15-36)30-54-44-21-13-35(51)28-41(44)50(49(54)60)32(2)47(64(4,5)40-19-16-38(61-3)17-20-40)45(63-50)29-46(58)53-24-9-10-37(53)31-57/h11-22,26,28,32,37,42,45,47,52,56-57H,6-10,23-25,27,29-31H2,1-5H3/t32-,37+,42?,45+,47-,50+/m1/s1. The SMILES string of the molecule is CCOc1ccc2c(c1)CC(NCCCCO)C(=O)N2c1ccc(CN2C(=O)[C@@]3(O[C@@H](CC(=O)N4CCC[C@H]4CO)[C@H]([Si](C)(C)c4ccc(OC)cc4)[C@H]3C)c3cc(Cl)ccc32)cc1. The Morgan fingerprint density at radius 1 is 0.969 bits per heavy atom. The van der Waals surface area contributed by atoms with Gasteiger partial charge >= 0.3 is 0 Å². The first-order chi connectivity index (χ1) is 30.9. The Kier molecular flexibility index (Phi) is 13.6. The molecule has 4 heterocycles. The highest BCUT2D eigenvalue weighted by molar-refractivity contribution is 6.91. The number of likely N-dealkylation sites (tertiary alicyclic amines) is 1. The smallest absolute Gasteiger partial charge is 0.264 e. The fraction of sp³-hybridized carbons (Fsp3) is 0.460. The molecule has 4 aromatic carbocycles. The molecule has 3 N–H and O–H groups in total. The van der Waals surface area contributed by atoms with Crippen molar-refractivity contribution in [1.82, 2.24) is 10.2 Å². The minimum atomic E-state index is -2.53. The first-order valence-electron chi connectivity index (χ1n) is 22.7. The second kappa shape index (κ2) is 19.0. The molecule has 4 aliphatic heterocycles. The van der Waals surface area contributed by atoms with Gasteiger partial charge in [0.05, 0.1) is 70.9 Å². The van der Waals surface area contributed by atoms with Crippen LogP contribution in [0.1, 0.15) is 62.6 Å². The van der Waals surface area contributed by atoms with E-state index in [0.29, 0.717) is 54.5 Å². The predicted molar refractivity (Wildman–Crippen MR) is 252 cm³/mol. The van der Waals surface area contributed by atoms with Crippen molar-refractivity contribution >= 4 is 59.6 Å². The topological polar surface area (TPSA) is 141 Å². The number of methoxy groups -OCH3 is 1. The largest absolute Gasteiger partial charge is 0.497 e. The zero-order chi connectivity index (χ0) is 45.3.